The van der Waals surface area contributed by atoms with Gasteiger partial charge in [-0.05, 0) is 12.8 Å². The highest BCUT2D eigenvalue weighted by molar-refractivity contribution is 5.84. The topological polar surface area (TPSA) is 109 Å². The van der Waals surface area contributed by atoms with Gasteiger partial charge in [-0.25, -0.2) is 4.79 Å². The molecule has 27 heavy (non-hydrogen) atoms. The molecule has 0 fully saturated rings. The summed E-state index contributed by atoms with van der Waals surface area (Å²) in [5, 5.41) is 11.5. The van der Waals surface area contributed by atoms with Gasteiger partial charge in [0.2, 0.25) is 11.8 Å². The van der Waals surface area contributed by atoms with E-state index in [-0.39, 0.29) is 18.7 Å². The highest BCUT2D eigenvalue weighted by Crippen LogP contribution is 2.13. The number of aliphatic carboxylic acids is 1. The first-order valence-corrected chi connectivity index (χ1v) is 10.8. The highest BCUT2D eigenvalue weighted by Gasteiger charge is 2.20. The molecular formula is C21H40N2O4. The Morgan fingerprint density at radius 2 is 1.22 bits per heavy atom. The molecule has 1 atom stereocenters. The lowest BCUT2D eigenvalue weighted by Crippen LogP contribution is -2.41. The Hall–Kier alpha value is -1.59. The Kier molecular flexibility index (Phi) is 16.8. The lowest BCUT2D eigenvalue weighted by molar-refractivity contribution is -0.142. The van der Waals surface area contributed by atoms with Gasteiger partial charge >= 0.3 is 5.97 Å². The summed E-state index contributed by atoms with van der Waals surface area (Å²) in [4.78, 5) is 33.6. The van der Waals surface area contributed by atoms with Crippen molar-refractivity contribution in [1.82, 2.24) is 5.32 Å². The van der Waals surface area contributed by atoms with Gasteiger partial charge in [0.25, 0.3) is 0 Å². The molecule has 0 radical (unpaired) electrons. The zero-order chi connectivity index (χ0) is 20.3. The molecule has 0 unspecified atom stereocenters. The second-order valence-corrected chi connectivity index (χ2v) is 7.46. The molecule has 6 nitrogen and oxygen atoms in total. The van der Waals surface area contributed by atoms with Gasteiger partial charge in [0.05, 0.1) is 0 Å². The fraction of sp³-hybridized carbons (Fsp3) is 0.857. The molecule has 0 aromatic rings. The molecular weight excluding hydrogens is 344 g/mol. The summed E-state index contributed by atoms with van der Waals surface area (Å²) >= 11 is 0. The number of primary amides is 1. The molecule has 4 N–H and O–H groups in total. The maximum absolute atomic E-state index is 11.8. The van der Waals surface area contributed by atoms with E-state index in [1.807, 2.05) is 0 Å². The second kappa shape index (κ2) is 17.8. The fourth-order valence-corrected chi connectivity index (χ4v) is 3.11. The van der Waals surface area contributed by atoms with Crippen molar-refractivity contribution in [3.05, 3.63) is 0 Å². The maximum Gasteiger partial charge on any atom is 0.326 e. The molecule has 0 aromatic heterocycles. The fourth-order valence-electron chi connectivity index (χ4n) is 3.11. The normalized spacial score (nSPS) is 11.9. The van der Waals surface area contributed by atoms with Crippen LogP contribution in [0, 0.1) is 0 Å². The lowest BCUT2D eigenvalue weighted by atomic mass is 10.0. The van der Waals surface area contributed by atoms with Crippen LogP contribution in [-0.2, 0) is 14.4 Å². The standard InChI is InChI=1S/C21H40N2O4/c1-2-3-4-5-6-7-8-9-10-11-12-13-14-15-20(25)23-18(21(26)27)16-17-19(22)24/h18H,2-17H2,1H3,(H2,22,24)(H,23,25)(H,26,27)/t18-/m0/s1. The number of carboxylic acid groups (broad SMARTS) is 1. The SMILES string of the molecule is CCCCCCCCCCCCCCCC(=O)N[C@@H](CCC(N)=O)C(=O)O. The van der Waals surface area contributed by atoms with Crippen LogP contribution in [0.3, 0.4) is 0 Å². The molecule has 0 aromatic carbocycles. The van der Waals surface area contributed by atoms with Gasteiger partial charge in [-0.1, -0.05) is 84.0 Å². The van der Waals surface area contributed by atoms with Gasteiger partial charge in [-0.3, -0.25) is 9.59 Å². The van der Waals surface area contributed by atoms with Crippen LogP contribution in [0.5, 0.6) is 0 Å². The first-order chi connectivity index (χ1) is 13.0. The van der Waals surface area contributed by atoms with E-state index in [4.69, 9.17) is 10.8 Å². The summed E-state index contributed by atoms with van der Waals surface area (Å²) in [5.41, 5.74) is 5.02. The average molecular weight is 385 g/mol. The minimum Gasteiger partial charge on any atom is -0.480 e. The van der Waals surface area contributed by atoms with E-state index < -0.39 is 17.9 Å². The Balaban J connectivity index is 3.51. The number of unbranched alkanes of at least 4 members (excludes halogenated alkanes) is 12. The molecule has 0 rings (SSSR count). The van der Waals surface area contributed by atoms with Crippen molar-refractivity contribution in [1.29, 1.82) is 0 Å². The predicted molar refractivity (Wildman–Crippen MR) is 108 cm³/mol. The van der Waals surface area contributed by atoms with E-state index in [1.54, 1.807) is 0 Å². The van der Waals surface area contributed by atoms with Gasteiger partial charge in [0.15, 0.2) is 0 Å². The molecule has 0 bridgehead atoms. The van der Waals surface area contributed by atoms with Crippen LogP contribution < -0.4 is 11.1 Å². The number of carbonyl (C=O) groups excluding carboxylic acids is 2. The minimum atomic E-state index is -1.13. The maximum atomic E-state index is 11.8. The zero-order valence-electron chi connectivity index (χ0n) is 17.1. The molecule has 0 saturated carbocycles. The summed E-state index contributed by atoms with van der Waals surface area (Å²) in [6.07, 6.45) is 16.4. The van der Waals surface area contributed by atoms with Crippen LogP contribution in [0.25, 0.3) is 0 Å². The third-order valence-electron chi connectivity index (χ3n) is 4.82. The third kappa shape index (κ3) is 17.6. The van der Waals surface area contributed by atoms with Gasteiger partial charge < -0.3 is 16.2 Å². The number of nitrogens with two attached hydrogens (primary N) is 1. The van der Waals surface area contributed by atoms with Crippen molar-refractivity contribution in [3.8, 4) is 0 Å². The molecule has 0 saturated heterocycles. The van der Waals surface area contributed by atoms with E-state index in [1.165, 1.54) is 64.2 Å². The summed E-state index contributed by atoms with van der Waals surface area (Å²) in [6.45, 7) is 2.24. The van der Waals surface area contributed by atoms with Crippen LogP contribution in [0.1, 0.15) is 110 Å². The lowest BCUT2D eigenvalue weighted by Gasteiger charge is -2.13. The Morgan fingerprint density at radius 1 is 0.778 bits per heavy atom. The third-order valence-corrected chi connectivity index (χ3v) is 4.82. The first-order valence-electron chi connectivity index (χ1n) is 10.8. The van der Waals surface area contributed by atoms with Gasteiger partial charge in [-0.2, -0.15) is 0 Å². The van der Waals surface area contributed by atoms with E-state index in [0.717, 1.165) is 19.3 Å². The van der Waals surface area contributed by atoms with Gasteiger partial charge in [-0.15, -0.1) is 0 Å². The molecule has 0 aliphatic rings. The average Bonchev–Trinajstić information content (AvgIpc) is 2.62. The smallest absolute Gasteiger partial charge is 0.326 e. The minimum absolute atomic E-state index is 0.0367. The summed E-state index contributed by atoms with van der Waals surface area (Å²) in [6, 6.07) is -1.04. The number of amides is 2. The van der Waals surface area contributed by atoms with E-state index in [0.29, 0.717) is 6.42 Å². The van der Waals surface area contributed by atoms with Gasteiger partial charge in [0, 0.05) is 12.8 Å². The molecule has 2 amide bonds. The van der Waals surface area contributed by atoms with Crippen LogP contribution in [0.4, 0.5) is 0 Å². The zero-order valence-corrected chi connectivity index (χ0v) is 17.1. The van der Waals surface area contributed by atoms with Crippen molar-refractivity contribution < 1.29 is 19.5 Å². The predicted octanol–water partition coefficient (Wildman–Crippen LogP) is 4.30. The molecule has 158 valence electrons. The molecule has 0 heterocycles. The molecule has 0 aliphatic heterocycles. The number of rotatable bonds is 19. The first kappa shape index (κ1) is 25.4. The number of hydrogen-bond acceptors (Lipinski definition) is 3. The second-order valence-electron chi connectivity index (χ2n) is 7.46. The van der Waals surface area contributed by atoms with Gasteiger partial charge in [0.1, 0.15) is 6.04 Å². The summed E-state index contributed by atoms with van der Waals surface area (Å²) in [5.74, 6) is -1.96. The van der Waals surface area contributed by atoms with Crippen LogP contribution in [0.15, 0.2) is 0 Å². The summed E-state index contributed by atoms with van der Waals surface area (Å²) in [7, 11) is 0. The van der Waals surface area contributed by atoms with Crippen LogP contribution >= 0.6 is 0 Å². The number of carboxylic acids is 1. The van der Waals surface area contributed by atoms with E-state index in [2.05, 4.69) is 12.2 Å². The number of nitrogens with one attached hydrogen (secondary N) is 1. The Morgan fingerprint density at radius 3 is 1.63 bits per heavy atom. The Labute approximate surface area is 164 Å². The van der Waals surface area contributed by atoms with Crippen molar-refractivity contribution >= 4 is 17.8 Å². The number of carbonyl (C=O) groups is 3. The van der Waals surface area contributed by atoms with Crippen LogP contribution in [-0.4, -0.2) is 28.9 Å². The van der Waals surface area contributed by atoms with E-state index in [9.17, 15) is 14.4 Å². The van der Waals surface area contributed by atoms with Crippen molar-refractivity contribution in [2.75, 3.05) is 0 Å². The Bertz CT molecular complexity index is 413. The van der Waals surface area contributed by atoms with Crippen molar-refractivity contribution in [2.24, 2.45) is 5.73 Å². The highest BCUT2D eigenvalue weighted by atomic mass is 16.4. The van der Waals surface area contributed by atoms with E-state index >= 15 is 0 Å². The molecule has 0 spiro atoms. The molecule has 0 aliphatic carbocycles. The largest absolute Gasteiger partial charge is 0.480 e. The quantitative estimate of drug-likeness (QED) is 0.288. The van der Waals surface area contributed by atoms with Crippen molar-refractivity contribution in [3.63, 3.8) is 0 Å². The molecule has 6 heteroatoms. The monoisotopic (exact) mass is 384 g/mol. The summed E-state index contributed by atoms with van der Waals surface area (Å²) < 4.78 is 0. The van der Waals surface area contributed by atoms with Crippen molar-refractivity contribution in [2.45, 2.75) is 116 Å². The van der Waals surface area contributed by atoms with Crippen LogP contribution in [0.2, 0.25) is 0 Å². The number of hydrogen-bond donors (Lipinski definition) is 3.